The van der Waals surface area contributed by atoms with Gasteiger partial charge in [0.2, 0.25) is 11.7 Å². The van der Waals surface area contributed by atoms with Crippen LogP contribution < -0.4 is 19.5 Å². The molecular formula is C30H28N4O5. The van der Waals surface area contributed by atoms with Gasteiger partial charge in [0.05, 0.1) is 50.2 Å². The number of hydrogen-bond donors (Lipinski definition) is 1. The van der Waals surface area contributed by atoms with E-state index in [1.165, 1.54) is 0 Å². The number of benzene rings is 3. The average molecular weight is 525 g/mol. The van der Waals surface area contributed by atoms with E-state index in [9.17, 15) is 4.79 Å². The van der Waals surface area contributed by atoms with Crippen LogP contribution in [0, 0.1) is 6.92 Å². The molecule has 0 aliphatic carbocycles. The van der Waals surface area contributed by atoms with Gasteiger partial charge in [-0.3, -0.25) is 0 Å². The molecule has 5 rings (SSSR count). The Morgan fingerprint density at radius 2 is 1.64 bits per heavy atom. The molecule has 0 amide bonds. The standard InChI is InChI=1S/C30H28N4O5/c1-6-39-29(35)19-12-22(21-11-18-9-7-8-10-23(18)33-24(21)13-19)27-17(2)16-31-30(34-27)32-20-14-25(36-3)28(38-5)26(15-20)37-4/h7-16H,6H2,1-5H3,(H,31,32,34). The smallest absolute Gasteiger partial charge is 0.338 e. The highest BCUT2D eigenvalue weighted by molar-refractivity contribution is 6.05. The molecule has 0 fully saturated rings. The number of ether oxygens (including phenoxy) is 4. The largest absolute Gasteiger partial charge is 0.493 e. The molecule has 0 saturated carbocycles. The van der Waals surface area contributed by atoms with E-state index < -0.39 is 5.97 Å². The lowest BCUT2D eigenvalue weighted by Crippen LogP contribution is -2.06. The van der Waals surface area contributed by atoms with Gasteiger partial charge in [-0.05, 0) is 43.7 Å². The normalized spacial score (nSPS) is 10.9. The first-order valence-electron chi connectivity index (χ1n) is 12.4. The van der Waals surface area contributed by atoms with Gasteiger partial charge in [0.1, 0.15) is 0 Å². The summed E-state index contributed by atoms with van der Waals surface area (Å²) in [5.74, 6) is 1.42. The second-order valence-corrected chi connectivity index (χ2v) is 8.76. The number of carbonyl (C=O) groups is 1. The maximum absolute atomic E-state index is 12.8. The van der Waals surface area contributed by atoms with E-state index in [1.54, 1.807) is 58.7 Å². The van der Waals surface area contributed by atoms with E-state index in [-0.39, 0.29) is 6.61 Å². The van der Waals surface area contributed by atoms with Gasteiger partial charge in [0.25, 0.3) is 0 Å². The predicted molar refractivity (Wildman–Crippen MR) is 150 cm³/mol. The van der Waals surface area contributed by atoms with Crippen LogP contribution in [-0.2, 0) is 4.74 Å². The molecule has 0 unspecified atom stereocenters. The highest BCUT2D eigenvalue weighted by atomic mass is 16.5. The number of aryl methyl sites for hydroxylation is 1. The molecule has 0 aliphatic rings. The summed E-state index contributed by atoms with van der Waals surface area (Å²) in [7, 11) is 4.66. The number of nitrogens with one attached hydrogen (secondary N) is 1. The van der Waals surface area contributed by atoms with Crippen molar-refractivity contribution < 1.29 is 23.7 Å². The number of methoxy groups -OCH3 is 3. The Balaban J connectivity index is 1.66. The zero-order valence-corrected chi connectivity index (χ0v) is 22.4. The van der Waals surface area contributed by atoms with Crippen molar-refractivity contribution in [2.24, 2.45) is 0 Å². The zero-order chi connectivity index (χ0) is 27.5. The van der Waals surface area contributed by atoms with Crippen molar-refractivity contribution in [2.45, 2.75) is 13.8 Å². The van der Waals surface area contributed by atoms with E-state index in [0.29, 0.717) is 45.7 Å². The fourth-order valence-electron chi connectivity index (χ4n) is 4.46. The quantitative estimate of drug-likeness (QED) is 0.190. The molecular weight excluding hydrogens is 496 g/mol. The van der Waals surface area contributed by atoms with E-state index >= 15 is 0 Å². The van der Waals surface area contributed by atoms with Gasteiger partial charge in [0, 0.05) is 40.4 Å². The number of carbonyl (C=O) groups excluding carboxylic acids is 1. The van der Waals surface area contributed by atoms with Crippen molar-refractivity contribution in [1.29, 1.82) is 0 Å². The van der Waals surface area contributed by atoms with Crippen LogP contribution in [0.15, 0.2) is 60.8 Å². The van der Waals surface area contributed by atoms with Gasteiger partial charge < -0.3 is 24.3 Å². The van der Waals surface area contributed by atoms with Gasteiger partial charge in [-0.2, -0.15) is 0 Å². The van der Waals surface area contributed by atoms with Gasteiger partial charge in [-0.1, -0.05) is 18.2 Å². The maximum Gasteiger partial charge on any atom is 0.338 e. The molecule has 3 aromatic carbocycles. The summed E-state index contributed by atoms with van der Waals surface area (Å²) in [4.78, 5) is 26.9. The van der Waals surface area contributed by atoms with Crippen molar-refractivity contribution in [2.75, 3.05) is 33.3 Å². The van der Waals surface area contributed by atoms with E-state index in [2.05, 4.69) is 16.4 Å². The fraction of sp³-hybridized carbons (Fsp3) is 0.200. The summed E-state index contributed by atoms with van der Waals surface area (Å²) in [5.41, 5.74) is 4.81. The van der Waals surface area contributed by atoms with Gasteiger partial charge >= 0.3 is 5.97 Å². The summed E-state index contributed by atoms with van der Waals surface area (Å²) >= 11 is 0. The molecule has 0 aliphatic heterocycles. The molecule has 2 heterocycles. The second kappa shape index (κ2) is 10.8. The third-order valence-corrected chi connectivity index (χ3v) is 6.29. The van der Waals surface area contributed by atoms with E-state index in [4.69, 9.17) is 28.9 Å². The second-order valence-electron chi connectivity index (χ2n) is 8.76. The Morgan fingerprint density at radius 1 is 0.897 bits per heavy atom. The molecule has 0 radical (unpaired) electrons. The number of rotatable bonds is 8. The molecule has 0 atom stereocenters. The Labute approximate surface area is 225 Å². The summed E-state index contributed by atoms with van der Waals surface area (Å²) in [5, 5.41) is 5.08. The van der Waals surface area contributed by atoms with Crippen molar-refractivity contribution >= 4 is 39.4 Å². The highest BCUT2D eigenvalue weighted by Crippen LogP contribution is 2.40. The molecule has 0 saturated heterocycles. The van der Waals surface area contributed by atoms with Crippen molar-refractivity contribution in [3.8, 4) is 28.5 Å². The van der Waals surface area contributed by atoms with Crippen LogP contribution >= 0.6 is 0 Å². The summed E-state index contributed by atoms with van der Waals surface area (Å²) < 4.78 is 21.7. The molecule has 2 aromatic heterocycles. The SMILES string of the molecule is CCOC(=O)c1cc(-c2nc(Nc3cc(OC)c(OC)c(OC)c3)ncc2C)c2cc3ccccc3nc2c1. The average Bonchev–Trinajstić information content (AvgIpc) is 2.96. The fourth-order valence-corrected chi connectivity index (χ4v) is 4.46. The Hall–Kier alpha value is -4.92. The third-order valence-electron chi connectivity index (χ3n) is 6.29. The number of hydrogen-bond acceptors (Lipinski definition) is 9. The Morgan fingerprint density at radius 3 is 2.33 bits per heavy atom. The third kappa shape index (κ3) is 4.98. The van der Waals surface area contributed by atoms with E-state index in [1.807, 2.05) is 31.2 Å². The predicted octanol–water partition coefficient (Wildman–Crippen LogP) is 6.10. The number of nitrogens with zero attached hydrogens (tertiary/aromatic N) is 3. The number of pyridine rings is 1. The monoisotopic (exact) mass is 524 g/mol. The van der Waals surface area contributed by atoms with Crippen LogP contribution in [0.25, 0.3) is 33.1 Å². The summed E-state index contributed by atoms with van der Waals surface area (Å²) in [6.45, 7) is 3.98. The lowest BCUT2D eigenvalue weighted by molar-refractivity contribution is 0.0526. The number of esters is 1. The molecule has 9 heteroatoms. The van der Waals surface area contributed by atoms with Gasteiger partial charge in [0.15, 0.2) is 11.5 Å². The minimum absolute atomic E-state index is 0.271. The molecule has 5 aromatic rings. The minimum Gasteiger partial charge on any atom is -0.493 e. The summed E-state index contributed by atoms with van der Waals surface area (Å²) in [6.07, 6.45) is 1.74. The van der Waals surface area contributed by atoms with Crippen LogP contribution in [0.2, 0.25) is 0 Å². The van der Waals surface area contributed by atoms with Crippen LogP contribution in [0.1, 0.15) is 22.8 Å². The molecule has 9 nitrogen and oxygen atoms in total. The van der Waals surface area contributed by atoms with Crippen LogP contribution in [0.5, 0.6) is 17.2 Å². The van der Waals surface area contributed by atoms with Gasteiger partial charge in [-0.15, -0.1) is 0 Å². The van der Waals surface area contributed by atoms with Crippen molar-refractivity contribution in [3.63, 3.8) is 0 Å². The first kappa shape index (κ1) is 25.7. The lowest BCUT2D eigenvalue weighted by atomic mass is 9.98. The lowest BCUT2D eigenvalue weighted by Gasteiger charge is -2.16. The molecule has 198 valence electrons. The number of fused-ring (bicyclic) bond motifs is 2. The highest BCUT2D eigenvalue weighted by Gasteiger charge is 2.18. The molecule has 39 heavy (non-hydrogen) atoms. The molecule has 0 spiro atoms. The van der Waals surface area contributed by atoms with Crippen LogP contribution in [-0.4, -0.2) is 48.9 Å². The first-order valence-corrected chi connectivity index (χ1v) is 12.4. The minimum atomic E-state index is -0.418. The van der Waals surface area contributed by atoms with E-state index in [0.717, 1.165) is 27.4 Å². The maximum atomic E-state index is 12.8. The first-order chi connectivity index (χ1) is 18.9. The topological polar surface area (TPSA) is 105 Å². The number of para-hydroxylation sites is 1. The Kier molecular flexibility index (Phi) is 7.14. The number of anilines is 2. The summed E-state index contributed by atoms with van der Waals surface area (Å²) in [6, 6.07) is 17.0. The van der Waals surface area contributed by atoms with Crippen LogP contribution in [0.3, 0.4) is 0 Å². The zero-order valence-electron chi connectivity index (χ0n) is 22.4. The molecule has 1 N–H and O–H groups in total. The van der Waals surface area contributed by atoms with Gasteiger partial charge in [-0.25, -0.2) is 19.7 Å². The van der Waals surface area contributed by atoms with Crippen molar-refractivity contribution in [3.05, 3.63) is 71.9 Å². The van der Waals surface area contributed by atoms with Crippen LogP contribution in [0.4, 0.5) is 11.6 Å². The molecule has 0 bridgehead atoms. The van der Waals surface area contributed by atoms with Crippen molar-refractivity contribution in [1.82, 2.24) is 15.0 Å². The number of aromatic nitrogens is 3. The Bertz CT molecular complexity index is 1680.